The zero-order valence-electron chi connectivity index (χ0n) is 12.9. The number of sulfone groups is 1. The topological polar surface area (TPSA) is 106 Å². The van der Waals surface area contributed by atoms with E-state index < -0.39 is 15.7 Å². The predicted molar refractivity (Wildman–Crippen MR) is 88.2 cm³/mol. The highest BCUT2D eigenvalue weighted by molar-refractivity contribution is 9.10. The lowest BCUT2D eigenvalue weighted by Crippen LogP contribution is -2.37. The number of halogens is 2. The van der Waals surface area contributed by atoms with Gasteiger partial charge in [-0.25, -0.2) is 18.2 Å². The molecule has 0 bridgehead atoms. The molecule has 0 atom stereocenters. The molecular weight excluding hydrogens is 409 g/mol. The molecule has 134 valence electrons. The Morgan fingerprint density at radius 1 is 1.38 bits per heavy atom. The van der Waals surface area contributed by atoms with Gasteiger partial charge in [-0.3, -0.25) is 5.21 Å². The number of hydrogen-bond acceptors (Lipinski definition) is 9. The quantitative estimate of drug-likeness (QED) is 0.462. The van der Waals surface area contributed by atoms with Gasteiger partial charge in [-0.15, -0.1) is 4.94 Å². The second kappa shape index (κ2) is 7.53. The molecule has 1 aliphatic rings. The smallest absolute Gasteiger partial charge is 0.204 e. The lowest BCUT2D eigenvalue weighted by Gasteiger charge is -2.19. The van der Waals surface area contributed by atoms with Crippen molar-refractivity contribution in [3.63, 3.8) is 0 Å². The standard InChI is InChI=1S/C12H17BrFN5O4S/c1-15-17-12-11(16-5-6-24(2,21)22)19(20)23-18(12)8-3-4-10(14)9(13)7-8/h3-4,7,15-17,20H,5-6H2,1-2H3. The second-order valence-electron chi connectivity index (χ2n) is 4.88. The highest BCUT2D eigenvalue weighted by atomic mass is 79.9. The first-order chi connectivity index (χ1) is 11.2. The fourth-order valence-corrected chi connectivity index (χ4v) is 2.71. The molecule has 2 rings (SSSR count). The van der Waals surface area contributed by atoms with Crippen molar-refractivity contribution in [3.8, 4) is 0 Å². The molecule has 24 heavy (non-hydrogen) atoms. The summed E-state index contributed by atoms with van der Waals surface area (Å²) < 4.78 is 36.0. The summed E-state index contributed by atoms with van der Waals surface area (Å²) in [5.41, 5.74) is 5.86. The van der Waals surface area contributed by atoms with E-state index in [0.717, 1.165) is 6.26 Å². The number of benzene rings is 1. The van der Waals surface area contributed by atoms with Gasteiger partial charge in [0.1, 0.15) is 15.7 Å². The maximum atomic E-state index is 13.4. The molecule has 0 spiro atoms. The van der Waals surface area contributed by atoms with Crippen molar-refractivity contribution >= 4 is 31.5 Å². The van der Waals surface area contributed by atoms with Gasteiger partial charge in [-0.05, 0) is 34.1 Å². The van der Waals surface area contributed by atoms with Crippen LogP contribution in [0, 0.1) is 5.82 Å². The van der Waals surface area contributed by atoms with Crippen molar-refractivity contribution in [2.45, 2.75) is 0 Å². The molecule has 1 heterocycles. The van der Waals surface area contributed by atoms with Crippen molar-refractivity contribution < 1.29 is 23.0 Å². The molecule has 0 unspecified atom stereocenters. The molecular formula is C12H17BrFN5O4S. The summed E-state index contributed by atoms with van der Waals surface area (Å²) in [6.07, 6.45) is 1.11. The Kier molecular flexibility index (Phi) is 5.87. The third kappa shape index (κ3) is 4.48. The van der Waals surface area contributed by atoms with Crippen LogP contribution in [0.4, 0.5) is 10.1 Å². The van der Waals surface area contributed by atoms with Crippen molar-refractivity contribution in [1.82, 2.24) is 21.4 Å². The molecule has 0 amide bonds. The van der Waals surface area contributed by atoms with Gasteiger partial charge >= 0.3 is 0 Å². The van der Waals surface area contributed by atoms with E-state index in [1.807, 2.05) is 0 Å². The summed E-state index contributed by atoms with van der Waals surface area (Å²) in [4.78, 5) is 5.19. The first kappa shape index (κ1) is 18.7. The van der Waals surface area contributed by atoms with Gasteiger partial charge in [-0.1, -0.05) is 5.23 Å². The molecule has 1 aromatic carbocycles. The molecule has 9 nitrogen and oxygen atoms in total. The number of hydroxylamine groups is 3. The minimum atomic E-state index is -3.16. The number of rotatable bonds is 7. The van der Waals surface area contributed by atoms with Crippen LogP contribution in [0.1, 0.15) is 0 Å². The van der Waals surface area contributed by atoms with Gasteiger partial charge in [0.15, 0.2) is 5.82 Å². The Balaban J connectivity index is 2.27. The first-order valence-corrected chi connectivity index (χ1v) is 9.59. The largest absolute Gasteiger partial charge is 0.364 e. The summed E-state index contributed by atoms with van der Waals surface area (Å²) in [6.45, 7) is 0.0600. The Hall–Kier alpha value is -1.60. The molecule has 0 fully saturated rings. The Morgan fingerprint density at radius 3 is 2.67 bits per heavy atom. The van der Waals surface area contributed by atoms with Crippen molar-refractivity contribution in [3.05, 3.63) is 40.1 Å². The SMILES string of the molecule is CNNC1=C(NCCS(C)(=O)=O)N(O)ON1c1ccc(F)c(Br)c1. The summed E-state index contributed by atoms with van der Waals surface area (Å²) in [7, 11) is -1.57. The van der Waals surface area contributed by atoms with Crippen LogP contribution in [0.15, 0.2) is 34.3 Å². The summed E-state index contributed by atoms with van der Waals surface area (Å²) in [5, 5.41) is 14.3. The van der Waals surface area contributed by atoms with Crippen LogP contribution < -0.4 is 21.2 Å². The molecule has 0 saturated carbocycles. The minimum absolute atomic E-state index is 0.0600. The highest BCUT2D eigenvalue weighted by Crippen LogP contribution is 2.30. The maximum absolute atomic E-state index is 13.4. The second-order valence-corrected chi connectivity index (χ2v) is 7.99. The van der Waals surface area contributed by atoms with E-state index in [0.29, 0.717) is 10.9 Å². The van der Waals surface area contributed by atoms with Crippen LogP contribution in [0.3, 0.4) is 0 Å². The van der Waals surface area contributed by atoms with Crippen LogP contribution in [-0.4, -0.2) is 44.5 Å². The Bertz CT molecular complexity index is 745. The van der Waals surface area contributed by atoms with E-state index in [1.165, 1.54) is 23.3 Å². The molecule has 12 heteroatoms. The highest BCUT2D eigenvalue weighted by Gasteiger charge is 2.32. The van der Waals surface area contributed by atoms with E-state index in [2.05, 4.69) is 32.1 Å². The molecule has 0 radical (unpaired) electrons. The third-order valence-corrected chi connectivity index (χ3v) is 4.48. The zero-order chi connectivity index (χ0) is 17.9. The summed E-state index contributed by atoms with van der Waals surface area (Å²) >= 11 is 3.08. The van der Waals surface area contributed by atoms with E-state index in [-0.39, 0.29) is 28.4 Å². The van der Waals surface area contributed by atoms with Crippen LogP contribution in [0.25, 0.3) is 0 Å². The average Bonchev–Trinajstić information content (AvgIpc) is 2.78. The van der Waals surface area contributed by atoms with Crippen molar-refractivity contribution in [1.29, 1.82) is 0 Å². The molecule has 1 aliphatic heterocycles. The van der Waals surface area contributed by atoms with Crippen molar-refractivity contribution in [2.24, 2.45) is 0 Å². The molecule has 0 aliphatic carbocycles. The lowest BCUT2D eigenvalue weighted by molar-refractivity contribution is -0.306. The third-order valence-electron chi connectivity index (χ3n) is 2.92. The molecule has 4 N–H and O–H groups in total. The normalized spacial score (nSPS) is 15.2. The first-order valence-electron chi connectivity index (χ1n) is 6.74. The van der Waals surface area contributed by atoms with Gasteiger partial charge in [0, 0.05) is 19.8 Å². The zero-order valence-corrected chi connectivity index (χ0v) is 15.3. The van der Waals surface area contributed by atoms with Crippen LogP contribution in [-0.2, 0) is 14.8 Å². The lowest BCUT2D eigenvalue weighted by atomic mass is 10.3. The minimum Gasteiger partial charge on any atom is -0.364 e. The van der Waals surface area contributed by atoms with Crippen LogP contribution in [0.5, 0.6) is 0 Å². The Labute approximate surface area is 146 Å². The van der Waals surface area contributed by atoms with E-state index in [1.54, 1.807) is 7.05 Å². The van der Waals surface area contributed by atoms with E-state index >= 15 is 0 Å². The average molecular weight is 426 g/mol. The summed E-state index contributed by atoms with van der Waals surface area (Å²) in [5.74, 6) is -0.225. The molecule has 1 aromatic rings. The predicted octanol–water partition coefficient (Wildman–Crippen LogP) is 0.431. The summed E-state index contributed by atoms with van der Waals surface area (Å²) in [6, 6.07) is 4.14. The number of anilines is 1. The number of hydrazine groups is 1. The van der Waals surface area contributed by atoms with Gasteiger partial charge in [0.2, 0.25) is 5.82 Å². The van der Waals surface area contributed by atoms with Crippen molar-refractivity contribution in [2.75, 3.05) is 30.7 Å². The molecule has 0 saturated heterocycles. The fraction of sp³-hybridized carbons (Fsp3) is 0.333. The number of nitrogens with zero attached hydrogens (tertiary/aromatic N) is 2. The van der Waals surface area contributed by atoms with Gasteiger partial charge in [-0.2, -0.15) is 5.06 Å². The van der Waals surface area contributed by atoms with Crippen LogP contribution >= 0.6 is 15.9 Å². The van der Waals surface area contributed by atoms with Gasteiger partial charge < -0.3 is 10.7 Å². The number of hydrogen-bond donors (Lipinski definition) is 4. The number of nitrogens with one attached hydrogen (secondary N) is 3. The molecule has 0 aromatic heterocycles. The van der Waals surface area contributed by atoms with Crippen LogP contribution in [0.2, 0.25) is 0 Å². The fourth-order valence-electron chi connectivity index (χ4n) is 1.87. The monoisotopic (exact) mass is 425 g/mol. The Morgan fingerprint density at radius 2 is 2.08 bits per heavy atom. The van der Waals surface area contributed by atoms with Gasteiger partial charge in [0.05, 0.1) is 15.9 Å². The van der Waals surface area contributed by atoms with E-state index in [4.69, 9.17) is 4.94 Å². The van der Waals surface area contributed by atoms with Gasteiger partial charge in [0.25, 0.3) is 0 Å². The van der Waals surface area contributed by atoms with E-state index in [9.17, 15) is 18.0 Å². The maximum Gasteiger partial charge on any atom is 0.204 e.